The van der Waals surface area contributed by atoms with Crippen LogP contribution >= 0.6 is 12.2 Å². The minimum Gasteiger partial charge on any atom is -0.497 e. The number of aryl methyl sites for hydroxylation is 1. The molecule has 1 aliphatic rings. The van der Waals surface area contributed by atoms with E-state index in [1.54, 1.807) is 19.4 Å². The van der Waals surface area contributed by atoms with Crippen molar-refractivity contribution in [2.75, 3.05) is 19.1 Å². The van der Waals surface area contributed by atoms with Gasteiger partial charge in [-0.05, 0) is 104 Å². The molecule has 0 bridgehead atoms. The second-order valence-corrected chi connectivity index (χ2v) is 10.9. The number of nitro groups is 1. The molecule has 1 aliphatic heterocycles. The maximum Gasteiger partial charge on any atom is 0.273 e. The molecular weight excluding hydrogens is 590 g/mol. The van der Waals surface area contributed by atoms with E-state index < -0.39 is 4.92 Å². The van der Waals surface area contributed by atoms with Crippen LogP contribution in [0.5, 0.6) is 23.0 Å². The van der Waals surface area contributed by atoms with E-state index in [1.807, 2.05) is 80.6 Å². The first-order chi connectivity index (χ1) is 21.8. The molecule has 0 saturated carbocycles. The van der Waals surface area contributed by atoms with Crippen molar-refractivity contribution in [3.8, 4) is 28.7 Å². The van der Waals surface area contributed by atoms with Gasteiger partial charge in [-0.2, -0.15) is 0 Å². The third-order valence-electron chi connectivity index (χ3n) is 7.91. The van der Waals surface area contributed by atoms with Crippen LogP contribution in [-0.2, 0) is 0 Å². The van der Waals surface area contributed by atoms with Gasteiger partial charge in [-0.25, -0.2) is 0 Å². The molecule has 3 aromatic carbocycles. The van der Waals surface area contributed by atoms with Gasteiger partial charge < -0.3 is 29.0 Å². The molecular formula is C34H31N5O5S. The second-order valence-electron chi connectivity index (χ2n) is 10.5. The molecule has 1 N–H and O–H groups in total. The van der Waals surface area contributed by atoms with Crippen LogP contribution in [0, 0.1) is 24.0 Å². The predicted octanol–water partition coefficient (Wildman–Crippen LogP) is 7.38. The summed E-state index contributed by atoms with van der Waals surface area (Å²) < 4.78 is 19.0. The third kappa shape index (κ3) is 5.65. The number of hydrogen-bond donors (Lipinski definition) is 1. The summed E-state index contributed by atoms with van der Waals surface area (Å²) in [4.78, 5) is 17.8. The molecule has 1 fully saturated rings. The van der Waals surface area contributed by atoms with Crippen molar-refractivity contribution in [3.05, 3.63) is 130 Å². The van der Waals surface area contributed by atoms with E-state index in [2.05, 4.69) is 25.8 Å². The molecule has 3 heterocycles. The third-order valence-corrected chi connectivity index (χ3v) is 8.23. The molecule has 0 spiro atoms. The summed E-state index contributed by atoms with van der Waals surface area (Å²) in [6, 6.07) is 27.3. The lowest BCUT2D eigenvalue weighted by molar-refractivity contribution is -0.384. The summed E-state index contributed by atoms with van der Waals surface area (Å²) in [6.07, 6.45) is 1.77. The quantitative estimate of drug-likeness (QED) is 0.103. The van der Waals surface area contributed by atoms with Crippen LogP contribution in [0.3, 0.4) is 0 Å². The van der Waals surface area contributed by atoms with Crippen LogP contribution in [0.4, 0.5) is 11.4 Å². The van der Waals surface area contributed by atoms with Crippen LogP contribution in [0.25, 0.3) is 5.69 Å². The molecule has 0 unspecified atom stereocenters. The summed E-state index contributed by atoms with van der Waals surface area (Å²) in [5.41, 5.74) is 5.31. The second kappa shape index (κ2) is 12.3. The molecule has 0 radical (unpaired) electrons. The fourth-order valence-electron chi connectivity index (χ4n) is 5.83. The van der Waals surface area contributed by atoms with Gasteiger partial charge >= 0.3 is 0 Å². The number of thiocarbonyl (C=S) groups is 1. The van der Waals surface area contributed by atoms with E-state index >= 15 is 0 Å². The van der Waals surface area contributed by atoms with Gasteiger partial charge in [-0.15, -0.1) is 0 Å². The average Bonchev–Trinajstić information content (AvgIpc) is 3.56. The smallest absolute Gasteiger partial charge is 0.273 e. The molecule has 228 valence electrons. The summed E-state index contributed by atoms with van der Waals surface area (Å²) in [5.74, 6) is 2.54. The standard InChI is InChI=1S/C34H31N5O5S/c1-21-19-28(22(2)37(21)30-17-10-24(39(40)41)20-31(30)43-4)33-32(29-7-5-6-18-35-29)36-34(45)38(33)23-8-11-26(12-9-23)44-27-15-13-25(42-3)14-16-27/h5-20,32-33H,1-4H3,(H,36,45)/t32-,33+/m0/s1. The first-order valence-electron chi connectivity index (χ1n) is 14.2. The van der Waals surface area contributed by atoms with E-state index in [1.165, 1.54) is 19.2 Å². The van der Waals surface area contributed by atoms with Gasteiger partial charge in [0.15, 0.2) is 5.11 Å². The number of aromatic nitrogens is 2. The zero-order valence-corrected chi connectivity index (χ0v) is 25.9. The van der Waals surface area contributed by atoms with Gasteiger partial charge in [0.1, 0.15) is 23.0 Å². The molecule has 2 atom stereocenters. The zero-order valence-electron chi connectivity index (χ0n) is 25.1. The fraction of sp³-hybridized carbons (Fsp3) is 0.176. The Hall–Kier alpha value is -5.42. The lowest BCUT2D eigenvalue weighted by Crippen LogP contribution is -2.29. The number of nitrogens with one attached hydrogen (secondary N) is 1. The Labute approximate surface area is 266 Å². The molecule has 5 aromatic rings. The van der Waals surface area contributed by atoms with Crippen LogP contribution in [0.1, 0.15) is 34.7 Å². The Morgan fingerprint density at radius 2 is 1.58 bits per heavy atom. The summed E-state index contributed by atoms with van der Waals surface area (Å²) in [7, 11) is 3.14. The molecule has 45 heavy (non-hydrogen) atoms. The van der Waals surface area contributed by atoms with E-state index in [9.17, 15) is 10.1 Å². The molecule has 11 heteroatoms. The predicted molar refractivity (Wildman–Crippen MR) is 176 cm³/mol. The number of ether oxygens (including phenoxy) is 3. The van der Waals surface area contributed by atoms with Gasteiger partial charge in [0.05, 0.1) is 48.7 Å². The minimum atomic E-state index is -0.430. The van der Waals surface area contributed by atoms with Gasteiger partial charge in [0.25, 0.3) is 5.69 Å². The molecule has 0 amide bonds. The van der Waals surface area contributed by atoms with Gasteiger partial charge in [-0.1, -0.05) is 6.07 Å². The van der Waals surface area contributed by atoms with Gasteiger partial charge in [-0.3, -0.25) is 15.1 Å². The molecule has 10 nitrogen and oxygen atoms in total. The van der Waals surface area contributed by atoms with Crippen LogP contribution in [0.15, 0.2) is 97.2 Å². The van der Waals surface area contributed by atoms with Crippen molar-refractivity contribution in [1.29, 1.82) is 0 Å². The summed E-state index contributed by atoms with van der Waals surface area (Å²) in [5, 5.41) is 15.5. The van der Waals surface area contributed by atoms with Crippen LogP contribution < -0.4 is 24.4 Å². The van der Waals surface area contributed by atoms with Crippen molar-refractivity contribution < 1.29 is 19.1 Å². The van der Waals surface area contributed by atoms with Crippen LogP contribution in [-0.4, -0.2) is 33.8 Å². The Morgan fingerprint density at radius 1 is 0.889 bits per heavy atom. The molecule has 6 rings (SSSR count). The number of hydrogen-bond acceptors (Lipinski definition) is 7. The largest absolute Gasteiger partial charge is 0.497 e. The van der Waals surface area contributed by atoms with Crippen molar-refractivity contribution in [2.24, 2.45) is 0 Å². The maximum absolute atomic E-state index is 11.4. The molecule has 0 aliphatic carbocycles. The number of anilines is 1. The molecule has 2 aromatic heterocycles. The summed E-state index contributed by atoms with van der Waals surface area (Å²) in [6.45, 7) is 4.04. The highest BCUT2D eigenvalue weighted by Crippen LogP contribution is 2.45. The van der Waals surface area contributed by atoms with Crippen molar-refractivity contribution in [1.82, 2.24) is 14.9 Å². The number of benzene rings is 3. The number of nitro benzene ring substituents is 1. The van der Waals surface area contributed by atoms with Crippen molar-refractivity contribution in [2.45, 2.75) is 25.9 Å². The molecule has 1 saturated heterocycles. The van der Waals surface area contributed by atoms with Crippen molar-refractivity contribution >= 4 is 28.7 Å². The normalized spacial score (nSPS) is 15.9. The monoisotopic (exact) mass is 621 g/mol. The fourth-order valence-corrected chi connectivity index (χ4v) is 6.17. The number of non-ortho nitro benzene ring substituents is 1. The maximum atomic E-state index is 11.4. The van der Waals surface area contributed by atoms with Gasteiger partial charge in [0.2, 0.25) is 0 Å². The minimum absolute atomic E-state index is 0.0376. The Balaban J connectivity index is 1.40. The van der Waals surface area contributed by atoms with Gasteiger partial charge in [0, 0.05) is 29.3 Å². The highest BCUT2D eigenvalue weighted by atomic mass is 32.1. The first kappa shape index (κ1) is 29.6. The number of nitrogens with zero attached hydrogens (tertiary/aromatic N) is 4. The lowest BCUT2D eigenvalue weighted by atomic mass is 9.96. The van der Waals surface area contributed by atoms with E-state index in [0.717, 1.165) is 34.1 Å². The highest BCUT2D eigenvalue weighted by Gasteiger charge is 2.42. The topological polar surface area (TPSA) is 104 Å². The average molecular weight is 622 g/mol. The number of pyridine rings is 1. The number of rotatable bonds is 9. The van der Waals surface area contributed by atoms with E-state index in [0.29, 0.717) is 28.0 Å². The van der Waals surface area contributed by atoms with E-state index in [-0.39, 0.29) is 17.8 Å². The van der Waals surface area contributed by atoms with Crippen LogP contribution in [0.2, 0.25) is 0 Å². The Kier molecular flexibility index (Phi) is 8.10. The Morgan fingerprint density at radius 3 is 2.20 bits per heavy atom. The summed E-state index contributed by atoms with van der Waals surface area (Å²) >= 11 is 5.95. The lowest BCUT2D eigenvalue weighted by Gasteiger charge is -2.28. The Bertz CT molecular complexity index is 1860. The van der Waals surface area contributed by atoms with Crippen molar-refractivity contribution in [3.63, 3.8) is 0 Å². The SMILES string of the molecule is COc1ccc(Oc2ccc(N3C(=S)N[C@@H](c4ccccn4)[C@H]3c3cc(C)n(-c4ccc([N+](=O)[O-])cc4OC)c3C)cc2)cc1. The number of methoxy groups -OCH3 is 2. The van der Waals surface area contributed by atoms with E-state index in [4.69, 9.17) is 26.4 Å². The highest BCUT2D eigenvalue weighted by molar-refractivity contribution is 7.80. The zero-order chi connectivity index (χ0) is 31.7. The first-order valence-corrected chi connectivity index (χ1v) is 14.6.